The maximum absolute atomic E-state index is 13.6. The average molecular weight is 625 g/mol. The van der Waals surface area contributed by atoms with E-state index >= 15 is 0 Å². The molecule has 0 aliphatic rings. The van der Waals surface area contributed by atoms with Crippen LogP contribution in [0.15, 0.2) is 110 Å². The SMILES string of the molecule is COc1cc(C=Nn2c(-c3cc4ccccc4o3)nc3ccccc3c2=O)cc(Br)c1OCc1ccc([N+](=O)[O-])cc1. The first kappa shape index (κ1) is 26.9. The molecule has 0 spiro atoms. The van der Waals surface area contributed by atoms with Crippen molar-refractivity contribution < 1.29 is 18.8 Å². The summed E-state index contributed by atoms with van der Waals surface area (Å²) in [6.07, 6.45) is 1.53. The van der Waals surface area contributed by atoms with Crippen molar-refractivity contribution in [1.82, 2.24) is 9.66 Å². The van der Waals surface area contributed by atoms with Crippen LogP contribution in [0.25, 0.3) is 33.5 Å². The summed E-state index contributed by atoms with van der Waals surface area (Å²) in [4.78, 5) is 28.7. The lowest BCUT2D eigenvalue weighted by molar-refractivity contribution is -0.384. The van der Waals surface area contributed by atoms with Crippen molar-refractivity contribution in [2.75, 3.05) is 7.11 Å². The number of methoxy groups -OCH3 is 1. The predicted octanol–water partition coefficient (Wildman–Crippen LogP) is 6.95. The van der Waals surface area contributed by atoms with Gasteiger partial charge in [-0.2, -0.15) is 9.78 Å². The highest BCUT2D eigenvalue weighted by Gasteiger charge is 2.17. The molecule has 0 saturated carbocycles. The third kappa shape index (κ3) is 5.25. The second-order valence-corrected chi connectivity index (χ2v) is 10.1. The first-order chi connectivity index (χ1) is 20.4. The standard InChI is InChI=1S/C31H21BrN4O6/c1-40-27-15-20(14-24(32)29(27)41-18-19-10-12-22(13-11-19)36(38)39)17-33-35-30(28-16-21-6-2-5-9-26(21)42-28)34-25-8-4-3-7-23(25)31(35)37/h2-17H,18H2,1H3. The van der Waals surface area contributed by atoms with Crippen LogP contribution < -0.4 is 15.0 Å². The van der Waals surface area contributed by atoms with Crippen LogP contribution in [0.5, 0.6) is 11.5 Å². The number of nitro groups is 1. The summed E-state index contributed by atoms with van der Waals surface area (Å²) >= 11 is 3.54. The highest BCUT2D eigenvalue weighted by atomic mass is 79.9. The summed E-state index contributed by atoms with van der Waals surface area (Å²) < 4.78 is 19.4. The second kappa shape index (κ2) is 11.3. The first-order valence-corrected chi connectivity index (χ1v) is 13.5. The number of fused-ring (bicyclic) bond motifs is 2. The Kier molecular flexibility index (Phi) is 7.24. The van der Waals surface area contributed by atoms with E-state index in [1.165, 1.54) is 30.1 Å². The molecule has 0 N–H and O–H groups in total. The van der Waals surface area contributed by atoms with Gasteiger partial charge in [-0.3, -0.25) is 14.9 Å². The van der Waals surface area contributed by atoms with Crippen LogP contribution in [0.3, 0.4) is 0 Å². The van der Waals surface area contributed by atoms with Gasteiger partial charge < -0.3 is 13.9 Å². The highest BCUT2D eigenvalue weighted by molar-refractivity contribution is 9.10. The van der Waals surface area contributed by atoms with Crippen LogP contribution in [0.4, 0.5) is 5.69 Å². The van der Waals surface area contributed by atoms with E-state index in [4.69, 9.17) is 18.9 Å². The van der Waals surface area contributed by atoms with Crippen molar-refractivity contribution in [2.24, 2.45) is 5.10 Å². The Morgan fingerprint density at radius 1 is 1.05 bits per heavy atom. The fourth-order valence-corrected chi connectivity index (χ4v) is 5.00. The molecule has 0 amide bonds. The van der Waals surface area contributed by atoms with Crippen LogP contribution in [0.2, 0.25) is 0 Å². The van der Waals surface area contributed by atoms with E-state index in [0.29, 0.717) is 43.8 Å². The number of benzene rings is 4. The van der Waals surface area contributed by atoms with Crippen LogP contribution in [-0.4, -0.2) is 27.9 Å². The molecule has 0 aliphatic carbocycles. The van der Waals surface area contributed by atoms with Crippen molar-refractivity contribution in [3.8, 4) is 23.1 Å². The van der Waals surface area contributed by atoms with Crippen LogP contribution in [-0.2, 0) is 6.61 Å². The lowest BCUT2D eigenvalue weighted by Crippen LogP contribution is -2.20. The van der Waals surface area contributed by atoms with Crippen molar-refractivity contribution >= 4 is 49.7 Å². The number of rotatable bonds is 8. The van der Waals surface area contributed by atoms with E-state index in [9.17, 15) is 14.9 Å². The number of aromatic nitrogens is 2. The molecule has 208 valence electrons. The fourth-order valence-electron chi connectivity index (χ4n) is 4.43. The molecule has 0 fully saturated rings. The molecule has 6 rings (SSSR count). The van der Waals surface area contributed by atoms with Gasteiger partial charge in [-0.15, -0.1) is 0 Å². The summed E-state index contributed by atoms with van der Waals surface area (Å²) in [5, 5.41) is 16.7. The third-order valence-corrected chi connectivity index (χ3v) is 7.09. The minimum Gasteiger partial charge on any atom is -0.493 e. The number of non-ortho nitro benzene ring substituents is 1. The summed E-state index contributed by atoms with van der Waals surface area (Å²) in [7, 11) is 1.51. The normalized spacial score (nSPS) is 11.4. The number of nitro benzene ring substituents is 1. The number of para-hydroxylation sites is 2. The van der Waals surface area contributed by atoms with E-state index < -0.39 is 4.92 Å². The molecule has 0 unspecified atom stereocenters. The van der Waals surface area contributed by atoms with Gasteiger partial charge in [0.1, 0.15) is 12.2 Å². The Morgan fingerprint density at radius 2 is 1.81 bits per heavy atom. The van der Waals surface area contributed by atoms with Gasteiger partial charge in [-0.1, -0.05) is 30.3 Å². The summed E-state index contributed by atoms with van der Waals surface area (Å²) in [5.74, 6) is 1.54. The molecule has 42 heavy (non-hydrogen) atoms. The molecular formula is C31H21BrN4O6. The molecule has 0 radical (unpaired) electrons. The van der Waals surface area contributed by atoms with Crippen molar-refractivity contribution in [3.63, 3.8) is 0 Å². The molecule has 0 saturated heterocycles. The van der Waals surface area contributed by atoms with Crippen molar-refractivity contribution in [3.05, 3.63) is 127 Å². The molecule has 11 heteroatoms. The van der Waals surface area contributed by atoms with Gasteiger partial charge in [0.25, 0.3) is 11.2 Å². The zero-order valence-corrected chi connectivity index (χ0v) is 23.6. The summed E-state index contributed by atoms with van der Waals surface area (Å²) in [5.41, 5.74) is 2.23. The summed E-state index contributed by atoms with van der Waals surface area (Å²) in [6.45, 7) is 0.166. The minimum absolute atomic E-state index is 0.00495. The number of nitrogens with zero attached hydrogens (tertiary/aromatic N) is 4. The zero-order chi connectivity index (χ0) is 29.2. The van der Waals surface area contributed by atoms with Gasteiger partial charge in [-0.25, -0.2) is 4.98 Å². The van der Waals surface area contributed by atoms with Gasteiger partial charge >= 0.3 is 0 Å². The smallest absolute Gasteiger partial charge is 0.282 e. The van der Waals surface area contributed by atoms with Crippen LogP contribution in [0, 0.1) is 10.1 Å². The Hall–Kier alpha value is -5.29. The topological polar surface area (TPSA) is 122 Å². The first-order valence-electron chi connectivity index (χ1n) is 12.7. The number of ether oxygens (including phenoxy) is 2. The maximum atomic E-state index is 13.6. The van der Waals surface area contributed by atoms with Gasteiger partial charge in [-0.05, 0) is 75.6 Å². The number of hydrogen-bond donors (Lipinski definition) is 0. The molecule has 0 atom stereocenters. The van der Waals surface area contributed by atoms with Gasteiger partial charge in [0.05, 0.1) is 33.6 Å². The monoisotopic (exact) mass is 624 g/mol. The molecule has 0 aliphatic heterocycles. The third-order valence-electron chi connectivity index (χ3n) is 6.50. The van der Waals surface area contributed by atoms with Crippen molar-refractivity contribution in [1.29, 1.82) is 0 Å². The largest absolute Gasteiger partial charge is 0.493 e. The van der Waals surface area contributed by atoms with E-state index in [1.54, 1.807) is 42.5 Å². The number of halogens is 1. The molecule has 2 aromatic heterocycles. The van der Waals surface area contributed by atoms with Crippen LogP contribution >= 0.6 is 15.9 Å². The molecule has 4 aromatic carbocycles. The second-order valence-electron chi connectivity index (χ2n) is 9.21. The molecule has 2 heterocycles. The lowest BCUT2D eigenvalue weighted by Gasteiger charge is -2.13. The Bertz CT molecular complexity index is 2020. The van der Waals surface area contributed by atoms with E-state index in [2.05, 4.69) is 21.0 Å². The Labute approximate surface area is 246 Å². The van der Waals surface area contributed by atoms with Crippen molar-refractivity contribution in [2.45, 2.75) is 6.61 Å². The average Bonchev–Trinajstić information content (AvgIpc) is 3.44. The minimum atomic E-state index is -0.452. The predicted molar refractivity (Wildman–Crippen MR) is 162 cm³/mol. The van der Waals surface area contributed by atoms with Gasteiger partial charge in [0.15, 0.2) is 17.3 Å². The molecular weight excluding hydrogens is 604 g/mol. The number of furan rings is 1. The summed E-state index contributed by atoms with van der Waals surface area (Å²) in [6, 6.07) is 26.1. The van der Waals surface area contributed by atoms with Gasteiger partial charge in [0.2, 0.25) is 5.82 Å². The maximum Gasteiger partial charge on any atom is 0.282 e. The van der Waals surface area contributed by atoms with Gasteiger partial charge in [0, 0.05) is 17.5 Å². The zero-order valence-electron chi connectivity index (χ0n) is 22.1. The van der Waals surface area contributed by atoms with E-state index in [-0.39, 0.29) is 23.7 Å². The molecule has 10 nitrogen and oxygen atoms in total. The van der Waals surface area contributed by atoms with E-state index in [1.807, 2.05) is 36.4 Å². The molecule has 6 aromatic rings. The van der Waals surface area contributed by atoms with Crippen LogP contribution in [0.1, 0.15) is 11.1 Å². The molecule has 0 bridgehead atoms. The lowest BCUT2D eigenvalue weighted by atomic mass is 10.2. The number of hydrogen-bond acceptors (Lipinski definition) is 8. The Morgan fingerprint density at radius 3 is 2.57 bits per heavy atom. The highest BCUT2D eigenvalue weighted by Crippen LogP contribution is 2.37. The van der Waals surface area contributed by atoms with E-state index in [0.717, 1.165) is 10.9 Å². The fraction of sp³-hybridized carbons (Fsp3) is 0.0645. The Balaban J connectivity index is 1.35. The quantitative estimate of drug-likeness (QED) is 0.102.